The van der Waals surface area contributed by atoms with E-state index in [1.165, 1.54) is 16.4 Å². The molecule has 2 rings (SSSR count). The third-order valence-corrected chi connectivity index (χ3v) is 3.87. The molecule has 0 aliphatic heterocycles. The fraction of sp³-hybridized carbons (Fsp3) is 0.111. The summed E-state index contributed by atoms with van der Waals surface area (Å²) >= 11 is 6.39. The van der Waals surface area contributed by atoms with Crippen molar-refractivity contribution in [2.45, 2.75) is 4.90 Å². The van der Waals surface area contributed by atoms with Gasteiger partial charge in [0.05, 0.1) is 0 Å². The highest BCUT2D eigenvalue weighted by Gasteiger charge is 2.08. The van der Waals surface area contributed by atoms with E-state index in [-0.39, 0.29) is 0 Å². The van der Waals surface area contributed by atoms with Gasteiger partial charge < -0.3 is 0 Å². The van der Waals surface area contributed by atoms with Crippen molar-refractivity contribution in [3.63, 3.8) is 0 Å². The predicted molar refractivity (Wildman–Crippen MR) is 64.8 cm³/mol. The molecular formula is C9H7BrN2S2. The number of hydrogen-bond donors (Lipinski definition) is 0. The molecule has 1 aromatic carbocycles. The molecule has 0 saturated heterocycles. The van der Waals surface area contributed by atoms with E-state index in [0.717, 1.165) is 10.6 Å². The third kappa shape index (κ3) is 1.99. The summed E-state index contributed by atoms with van der Waals surface area (Å²) in [6.45, 7) is 0. The summed E-state index contributed by atoms with van der Waals surface area (Å²) in [5.41, 5.74) is 1.16. The summed E-state index contributed by atoms with van der Waals surface area (Å²) < 4.78 is 4.77. The standard InChI is InChI=1S/C9H7BrN2S2/c1-13-7-5-3-2-4-6(7)8-11-9(10)12-14-8/h2-5H,1H3. The summed E-state index contributed by atoms with van der Waals surface area (Å²) in [4.78, 5) is 5.53. The molecule has 0 atom stereocenters. The molecule has 0 saturated carbocycles. The van der Waals surface area contributed by atoms with E-state index in [4.69, 9.17) is 0 Å². The van der Waals surface area contributed by atoms with Crippen molar-refractivity contribution >= 4 is 39.2 Å². The van der Waals surface area contributed by atoms with E-state index in [9.17, 15) is 0 Å². The van der Waals surface area contributed by atoms with Crippen LogP contribution in [0.3, 0.4) is 0 Å². The van der Waals surface area contributed by atoms with Gasteiger partial charge in [-0.2, -0.15) is 4.37 Å². The molecule has 1 heterocycles. The number of aromatic nitrogens is 2. The largest absolute Gasteiger partial charge is 0.209 e. The molecule has 0 aliphatic rings. The van der Waals surface area contributed by atoms with Crippen molar-refractivity contribution in [3.8, 4) is 10.6 Å². The number of thioether (sulfide) groups is 1. The zero-order chi connectivity index (χ0) is 9.97. The molecule has 0 aliphatic carbocycles. The van der Waals surface area contributed by atoms with Crippen LogP contribution in [-0.2, 0) is 0 Å². The number of hydrogen-bond acceptors (Lipinski definition) is 4. The maximum absolute atomic E-state index is 4.30. The van der Waals surface area contributed by atoms with Gasteiger partial charge >= 0.3 is 0 Å². The van der Waals surface area contributed by atoms with Gasteiger partial charge in [-0.3, -0.25) is 0 Å². The van der Waals surface area contributed by atoms with Crippen LogP contribution in [0.5, 0.6) is 0 Å². The zero-order valence-electron chi connectivity index (χ0n) is 7.40. The molecule has 5 heteroatoms. The van der Waals surface area contributed by atoms with Crippen molar-refractivity contribution in [2.75, 3.05) is 6.26 Å². The van der Waals surface area contributed by atoms with E-state index in [1.807, 2.05) is 12.1 Å². The summed E-state index contributed by atoms with van der Waals surface area (Å²) in [5, 5.41) is 0.960. The number of rotatable bonds is 2. The van der Waals surface area contributed by atoms with Crippen LogP contribution < -0.4 is 0 Å². The highest BCUT2D eigenvalue weighted by Crippen LogP contribution is 2.31. The van der Waals surface area contributed by atoms with E-state index in [1.54, 1.807) is 11.8 Å². The summed E-state index contributed by atoms with van der Waals surface area (Å²) in [7, 11) is 0. The number of nitrogens with zero attached hydrogens (tertiary/aromatic N) is 2. The fourth-order valence-electron chi connectivity index (χ4n) is 1.14. The maximum Gasteiger partial charge on any atom is 0.209 e. The van der Waals surface area contributed by atoms with Crippen molar-refractivity contribution < 1.29 is 0 Å². The number of benzene rings is 1. The lowest BCUT2D eigenvalue weighted by Crippen LogP contribution is -1.79. The molecule has 2 aromatic rings. The van der Waals surface area contributed by atoms with Gasteiger partial charge in [0.2, 0.25) is 4.73 Å². The van der Waals surface area contributed by atoms with Crippen molar-refractivity contribution in [1.29, 1.82) is 0 Å². The summed E-state index contributed by atoms with van der Waals surface area (Å²) in [6.07, 6.45) is 2.06. The lowest BCUT2D eigenvalue weighted by Gasteiger charge is -2.01. The quantitative estimate of drug-likeness (QED) is 0.788. The second-order valence-electron chi connectivity index (χ2n) is 2.57. The molecule has 0 N–H and O–H groups in total. The maximum atomic E-state index is 4.30. The summed E-state index contributed by atoms with van der Waals surface area (Å²) in [6, 6.07) is 8.21. The minimum Gasteiger partial charge on any atom is -0.209 e. The molecule has 0 spiro atoms. The first kappa shape index (κ1) is 10.1. The number of halogens is 1. The van der Waals surface area contributed by atoms with Gasteiger partial charge in [0.25, 0.3) is 0 Å². The first-order chi connectivity index (χ1) is 6.81. The SMILES string of the molecule is CSc1ccccc1-c1nc(Br)ns1. The molecular weight excluding hydrogens is 280 g/mol. The Kier molecular flexibility index (Phi) is 3.20. The predicted octanol–water partition coefficient (Wildman–Crippen LogP) is 3.69. The highest BCUT2D eigenvalue weighted by atomic mass is 79.9. The average molecular weight is 287 g/mol. The Morgan fingerprint density at radius 2 is 2.14 bits per heavy atom. The molecule has 14 heavy (non-hydrogen) atoms. The van der Waals surface area contributed by atoms with E-state index in [2.05, 4.69) is 43.7 Å². The lowest BCUT2D eigenvalue weighted by molar-refractivity contribution is 1.25. The molecule has 2 nitrogen and oxygen atoms in total. The normalized spacial score (nSPS) is 10.4. The Labute approximate surface area is 99.1 Å². The van der Waals surface area contributed by atoms with E-state index < -0.39 is 0 Å². The van der Waals surface area contributed by atoms with Gasteiger partial charge in [-0.1, -0.05) is 18.2 Å². The second kappa shape index (κ2) is 4.42. The van der Waals surface area contributed by atoms with E-state index in [0.29, 0.717) is 4.73 Å². The third-order valence-electron chi connectivity index (χ3n) is 1.74. The first-order valence-electron chi connectivity index (χ1n) is 3.94. The van der Waals surface area contributed by atoms with Crippen LogP contribution in [0, 0.1) is 0 Å². The van der Waals surface area contributed by atoms with Crippen LogP contribution in [0.2, 0.25) is 0 Å². The van der Waals surface area contributed by atoms with Crippen molar-refractivity contribution in [2.24, 2.45) is 0 Å². The minimum absolute atomic E-state index is 0.661. The first-order valence-corrected chi connectivity index (χ1v) is 6.73. The molecule has 1 aromatic heterocycles. The molecule has 0 bridgehead atoms. The topological polar surface area (TPSA) is 25.8 Å². The van der Waals surface area contributed by atoms with Crippen molar-refractivity contribution in [3.05, 3.63) is 29.0 Å². The Morgan fingerprint density at radius 3 is 2.79 bits per heavy atom. The van der Waals surface area contributed by atoms with Crippen LogP contribution >= 0.6 is 39.2 Å². The molecule has 72 valence electrons. The zero-order valence-corrected chi connectivity index (χ0v) is 10.6. The Hall–Kier alpha value is -0.390. The van der Waals surface area contributed by atoms with Gasteiger partial charge in [0.1, 0.15) is 5.01 Å². The minimum atomic E-state index is 0.661. The molecule has 0 amide bonds. The Bertz CT molecular complexity index is 442. The van der Waals surface area contributed by atoms with E-state index >= 15 is 0 Å². The lowest BCUT2D eigenvalue weighted by atomic mass is 10.2. The van der Waals surface area contributed by atoms with Gasteiger partial charge in [-0.15, -0.1) is 11.8 Å². The van der Waals surface area contributed by atoms with Crippen LogP contribution in [0.25, 0.3) is 10.6 Å². The fourth-order valence-corrected chi connectivity index (χ4v) is 2.92. The smallest absolute Gasteiger partial charge is 0.209 e. The Balaban J connectivity index is 2.50. The Morgan fingerprint density at radius 1 is 1.36 bits per heavy atom. The van der Waals surface area contributed by atoms with Crippen LogP contribution in [-0.4, -0.2) is 15.6 Å². The van der Waals surface area contributed by atoms with Crippen LogP contribution in [0.1, 0.15) is 0 Å². The van der Waals surface area contributed by atoms with Crippen LogP contribution in [0.4, 0.5) is 0 Å². The summed E-state index contributed by atoms with van der Waals surface area (Å²) in [5.74, 6) is 0. The monoisotopic (exact) mass is 286 g/mol. The van der Waals surface area contributed by atoms with Gasteiger partial charge in [-0.05, 0) is 39.8 Å². The average Bonchev–Trinajstić information content (AvgIpc) is 2.65. The van der Waals surface area contributed by atoms with Gasteiger partial charge in [-0.25, -0.2) is 4.98 Å². The van der Waals surface area contributed by atoms with Crippen LogP contribution in [0.15, 0.2) is 33.9 Å². The molecule has 0 radical (unpaired) electrons. The van der Waals surface area contributed by atoms with Gasteiger partial charge in [0, 0.05) is 10.5 Å². The second-order valence-corrected chi connectivity index (χ2v) is 4.88. The molecule has 0 unspecified atom stereocenters. The van der Waals surface area contributed by atoms with Crippen molar-refractivity contribution in [1.82, 2.24) is 9.36 Å². The van der Waals surface area contributed by atoms with Gasteiger partial charge in [0.15, 0.2) is 0 Å². The molecule has 0 fully saturated rings. The highest BCUT2D eigenvalue weighted by molar-refractivity contribution is 9.10.